The minimum absolute atomic E-state index is 0.0646. The molecule has 8 heteroatoms. The molecule has 3 heterocycles. The van der Waals surface area contributed by atoms with Crippen molar-refractivity contribution in [1.82, 2.24) is 19.6 Å². The molecule has 0 spiro atoms. The van der Waals surface area contributed by atoms with Crippen LogP contribution < -0.4 is 10.2 Å². The zero-order valence-electron chi connectivity index (χ0n) is 18.4. The molecule has 1 aromatic carbocycles. The van der Waals surface area contributed by atoms with Gasteiger partial charge >= 0.3 is 0 Å². The first-order valence-corrected chi connectivity index (χ1v) is 10.3. The quantitative estimate of drug-likeness (QED) is 0.703. The van der Waals surface area contributed by atoms with Crippen molar-refractivity contribution in [2.24, 2.45) is 0 Å². The van der Waals surface area contributed by atoms with E-state index in [1.54, 1.807) is 18.1 Å². The van der Waals surface area contributed by atoms with Gasteiger partial charge in [0.25, 0.3) is 0 Å². The minimum Gasteiger partial charge on any atom is -0.326 e. The Morgan fingerprint density at radius 1 is 1.20 bits per heavy atom. The summed E-state index contributed by atoms with van der Waals surface area (Å²) in [5, 5.41) is 11.9. The first-order valence-electron chi connectivity index (χ1n) is 10.3. The van der Waals surface area contributed by atoms with Crippen LogP contribution >= 0.6 is 0 Å². The highest BCUT2D eigenvalue weighted by atomic mass is 16.2. The van der Waals surface area contributed by atoms with Gasteiger partial charge in [0.2, 0.25) is 11.8 Å². The van der Waals surface area contributed by atoms with Crippen molar-refractivity contribution in [3.8, 4) is 0 Å². The van der Waals surface area contributed by atoms with E-state index in [9.17, 15) is 9.59 Å². The Labute approximate surface area is 175 Å². The van der Waals surface area contributed by atoms with E-state index < -0.39 is 5.41 Å². The average Bonchev–Trinajstić information content (AvgIpc) is 3.30. The standard InChI is InChI=1S/C22H28N6O2/c1-7-27-17-12-23-28(20(17)14(3)25-27)9-8-18(29)24-15-10-13(2)19-16(11-15)22(4,5)21(30)26(19)6/h10-12H,7-9H2,1-6H3,(H,24,29). The van der Waals surface area contributed by atoms with Crippen LogP contribution in [0.5, 0.6) is 0 Å². The fourth-order valence-corrected chi connectivity index (χ4v) is 4.47. The van der Waals surface area contributed by atoms with Gasteiger partial charge < -0.3 is 10.2 Å². The highest BCUT2D eigenvalue weighted by molar-refractivity contribution is 6.08. The summed E-state index contributed by atoms with van der Waals surface area (Å²) >= 11 is 0. The monoisotopic (exact) mass is 408 g/mol. The van der Waals surface area contributed by atoms with E-state index in [-0.39, 0.29) is 11.8 Å². The third-order valence-electron chi connectivity index (χ3n) is 5.99. The molecular formula is C22H28N6O2. The molecule has 0 bridgehead atoms. The van der Waals surface area contributed by atoms with Crippen LogP contribution in [0.15, 0.2) is 18.3 Å². The van der Waals surface area contributed by atoms with Gasteiger partial charge in [-0.3, -0.25) is 19.0 Å². The number of nitrogens with one attached hydrogen (secondary N) is 1. The van der Waals surface area contributed by atoms with Crippen LogP contribution in [0.2, 0.25) is 0 Å². The van der Waals surface area contributed by atoms with Crippen molar-refractivity contribution in [3.63, 3.8) is 0 Å². The minimum atomic E-state index is -0.604. The van der Waals surface area contributed by atoms with E-state index in [0.29, 0.717) is 18.7 Å². The van der Waals surface area contributed by atoms with Crippen LogP contribution in [-0.4, -0.2) is 38.4 Å². The number of hydrogen-bond acceptors (Lipinski definition) is 4. The number of carbonyl (C=O) groups is 2. The number of hydrogen-bond donors (Lipinski definition) is 1. The maximum Gasteiger partial charge on any atom is 0.236 e. The van der Waals surface area contributed by atoms with Gasteiger partial charge in [-0.25, -0.2) is 0 Å². The second-order valence-corrected chi connectivity index (χ2v) is 8.48. The molecule has 0 unspecified atom stereocenters. The number of rotatable bonds is 5. The van der Waals surface area contributed by atoms with E-state index in [0.717, 1.165) is 40.1 Å². The van der Waals surface area contributed by atoms with E-state index in [1.165, 1.54) is 0 Å². The number of nitrogens with zero attached hydrogens (tertiary/aromatic N) is 5. The van der Waals surface area contributed by atoms with E-state index in [4.69, 9.17) is 0 Å². The third-order valence-corrected chi connectivity index (χ3v) is 5.99. The molecule has 2 aromatic heterocycles. The first kappa shape index (κ1) is 20.1. The number of aromatic nitrogens is 4. The Morgan fingerprint density at radius 3 is 2.63 bits per heavy atom. The Kier molecular flexibility index (Phi) is 4.67. The summed E-state index contributed by atoms with van der Waals surface area (Å²) in [6.07, 6.45) is 2.10. The Hall–Kier alpha value is -3.16. The van der Waals surface area contributed by atoms with Crippen LogP contribution in [0.1, 0.15) is 44.0 Å². The van der Waals surface area contributed by atoms with Crippen molar-refractivity contribution in [2.75, 3.05) is 17.3 Å². The largest absolute Gasteiger partial charge is 0.326 e. The number of amides is 2. The van der Waals surface area contributed by atoms with Gasteiger partial charge in [0.05, 0.1) is 29.5 Å². The van der Waals surface area contributed by atoms with Crippen LogP contribution in [-0.2, 0) is 28.1 Å². The normalized spacial score (nSPS) is 15.1. The lowest BCUT2D eigenvalue weighted by Gasteiger charge is -2.17. The number of anilines is 2. The predicted octanol–water partition coefficient (Wildman–Crippen LogP) is 3.15. The van der Waals surface area contributed by atoms with Crippen molar-refractivity contribution >= 4 is 34.2 Å². The molecule has 4 rings (SSSR count). The van der Waals surface area contributed by atoms with Crippen molar-refractivity contribution in [3.05, 3.63) is 35.2 Å². The summed E-state index contributed by atoms with van der Waals surface area (Å²) in [6, 6.07) is 3.84. The van der Waals surface area contributed by atoms with Crippen LogP contribution in [0.4, 0.5) is 11.4 Å². The maximum atomic E-state index is 12.6. The molecular weight excluding hydrogens is 380 g/mol. The SMILES string of the molecule is CCn1nc(C)c2c1cnn2CCC(=O)Nc1cc(C)c2c(c1)C(C)(C)C(=O)N2C. The molecule has 2 amide bonds. The number of carbonyl (C=O) groups excluding carboxylic acids is 2. The molecule has 158 valence electrons. The second-order valence-electron chi connectivity index (χ2n) is 8.48. The van der Waals surface area contributed by atoms with Gasteiger partial charge in [0, 0.05) is 25.7 Å². The van der Waals surface area contributed by atoms with Gasteiger partial charge in [-0.2, -0.15) is 10.2 Å². The third kappa shape index (κ3) is 2.98. The fourth-order valence-electron chi connectivity index (χ4n) is 4.47. The number of fused-ring (bicyclic) bond motifs is 2. The Bertz CT molecular complexity index is 1170. The molecule has 0 atom stereocenters. The summed E-state index contributed by atoms with van der Waals surface area (Å²) in [5.74, 6) is -0.0243. The van der Waals surface area contributed by atoms with Crippen LogP contribution in [0.25, 0.3) is 11.0 Å². The summed E-state index contributed by atoms with van der Waals surface area (Å²) < 4.78 is 3.76. The van der Waals surface area contributed by atoms with E-state index in [1.807, 2.05) is 56.1 Å². The Balaban J connectivity index is 1.51. The molecule has 30 heavy (non-hydrogen) atoms. The molecule has 0 saturated heterocycles. The zero-order valence-corrected chi connectivity index (χ0v) is 18.4. The molecule has 0 radical (unpaired) electrons. The molecule has 0 saturated carbocycles. The lowest BCUT2D eigenvalue weighted by Crippen LogP contribution is -2.33. The van der Waals surface area contributed by atoms with Gasteiger partial charge in [-0.15, -0.1) is 0 Å². The summed E-state index contributed by atoms with van der Waals surface area (Å²) in [4.78, 5) is 26.9. The maximum absolute atomic E-state index is 12.6. The topological polar surface area (TPSA) is 85.0 Å². The van der Waals surface area contributed by atoms with E-state index >= 15 is 0 Å². The molecule has 0 fully saturated rings. The second kappa shape index (κ2) is 6.97. The number of benzene rings is 1. The zero-order chi connectivity index (χ0) is 21.8. The molecule has 1 N–H and O–H groups in total. The summed E-state index contributed by atoms with van der Waals surface area (Å²) in [6.45, 7) is 11.1. The molecule has 1 aliphatic rings. The van der Waals surface area contributed by atoms with Gasteiger partial charge in [0.1, 0.15) is 11.0 Å². The van der Waals surface area contributed by atoms with Crippen molar-refractivity contribution in [2.45, 2.75) is 59.5 Å². The highest BCUT2D eigenvalue weighted by Gasteiger charge is 2.43. The van der Waals surface area contributed by atoms with Gasteiger partial charge in [-0.1, -0.05) is 0 Å². The predicted molar refractivity (Wildman–Crippen MR) is 117 cm³/mol. The molecule has 0 aliphatic carbocycles. The van der Waals surface area contributed by atoms with Gasteiger partial charge in [-0.05, 0) is 57.9 Å². The van der Waals surface area contributed by atoms with Gasteiger partial charge in [0.15, 0.2) is 0 Å². The average molecular weight is 409 g/mol. The smallest absolute Gasteiger partial charge is 0.236 e. The molecule has 1 aliphatic heterocycles. The first-order chi connectivity index (χ1) is 14.1. The van der Waals surface area contributed by atoms with Crippen LogP contribution in [0, 0.1) is 13.8 Å². The highest BCUT2D eigenvalue weighted by Crippen LogP contribution is 2.44. The Morgan fingerprint density at radius 2 is 1.93 bits per heavy atom. The fraction of sp³-hybridized carbons (Fsp3) is 0.455. The molecule has 3 aromatic rings. The lowest BCUT2D eigenvalue weighted by atomic mass is 9.85. The lowest BCUT2D eigenvalue weighted by molar-refractivity contribution is -0.121. The summed E-state index contributed by atoms with van der Waals surface area (Å²) in [5.41, 5.74) is 5.84. The molecule has 8 nitrogen and oxygen atoms in total. The summed E-state index contributed by atoms with van der Waals surface area (Å²) in [7, 11) is 1.80. The number of aryl methyl sites for hydroxylation is 4. The van der Waals surface area contributed by atoms with Crippen molar-refractivity contribution < 1.29 is 9.59 Å². The van der Waals surface area contributed by atoms with Crippen molar-refractivity contribution in [1.29, 1.82) is 0 Å². The van der Waals surface area contributed by atoms with E-state index in [2.05, 4.69) is 15.5 Å². The number of likely N-dealkylation sites (N-methyl/N-ethyl adjacent to an activating group) is 1. The van der Waals surface area contributed by atoms with Crippen LogP contribution in [0.3, 0.4) is 0 Å².